The van der Waals surface area contributed by atoms with Crippen LogP contribution in [0, 0.1) is 18.6 Å². The normalized spacial score (nSPS) is 8.77. The Bertz CT molecular complexity index is 272. The van der Waals surface area contributed by atoms with Crippen LogP contribution in [-0.2, 0) is 0 Å². The molecule has 1 aromatic carbocycles. The summed E-state index contributed by atoms with van der Waals surface area (Å²) in [5, 5.41) is 0. The molecule has 0 bridgehead atoms. The van der Waals surface area contributed by atoms with E-state index in [2.05, 4.69) is 4.74 Å². The van der Waals surface area contributed by atoms with Gasteiger partial charge in [0.1, 0.15) is 5.82 Å². The first kappa shape index (κ1) is 11.9. The molecule has 74 valence electrons. The molecule has 0 aliphatic carbocycles. The van der Waals surface area contributed by atoms with Crippen LogP contribution < -0.4 is 4.74 Å². The number of halogens is 2. The van der Waals surface area contributed by atoms with E-state index in [0.717, 1.165) is 6.07 Å². The lowest BCUT2D eigenvalue weighted by Crippen LogP contribution is -1.91. The third-order valence-corrected chi connectivity index (χ3v) is 1.43. The largest absolute Gasteiger partial charge is 0.494 e. The summed E-state index contributed by atoms with van der Waals surface area (Å²) in [5.74, 6) is -1.15. The molecule has 0 aliphatic heterocycles. The Morgan fingerprint density at radius 2 is 1.62 bits per heavy atom. The second-order valence-electron chi connectivity index (χ2n) is 2.24. The highest BCUT2D eigenvalue weighted by atomic mass is 19.1. The molecule has 3 heteroatoms. The zero-order valence-electron chi connectivity index (χ0n) is 8.32. The van der Waals surface area contributed by atoms with Crippen LogP contribution in [0.5, 0.6) is 5.75 Å². The molecular weight excluding hydrogens is 174 g/mol. The average molecular weight is 188 g/mol. The minimum atomic E-state index is -0.671. The van der Waals surface area contributed by atoms with Gasteiger partial charge < -0.3 is 4.74 Å². The summed E-state index contributed by atoms with van der Waals surface area (Å²) in [6.07, 6.45) is 0. The number of hydrogen-bond donors (Lipinski definition) is 0. The van der Waals surface area contributed by atoms with Gasteiger partial charge >= 0.3 is 0 Å². The number of ether oxygens (including phenoxy) is 1. The van der Waals surface area contributed by atoms with Crippen LogP contribution >= 0.6 is 0 Å². The van der Waals surface area contributed by atoms with E-state index in [1.165, 1.54) is 13.2 Å². The van der Waals surface area contributed by atoms with Crippen molar-refractivity contribution in [2.45, 2.75) is 20.8 Å². The molecule has 1 nitrogen and oxygen atoms in total. The molecule has 1 aromatic rings. The first-order valence-corrected chi connectivity index (χ1v) is 4.15. The number of benzene rings is 1. The number of rotatable bonds is 1. The quantitative estimate of drug-likeness (QED) is 0.657. The molecule has 0 aliphatic rings. The molecule has 0 amide bonds. The van der Waals surface area contributed by atoms with Gasteiger partial charge in [0.15, 0.2) is 11.6 Å². The lowest BCUT2D eigenvalue weighted by molar-refractivity contribution is 0.383. The number of aryl methyl sites for hydroxylation is 1. The summed E-state index contributed by atoms with van der Waals surface area (Å²) < 4.78 is 29.9. The second kappa shape index (κ2) is 5.51. The maximum absolute atomic E-state index is 12.7. The molecule has 0 heterocycles. The van der Waals surface area contributed by atoms with E-state index in [0.29, 0.717) is 5.56 Å². The maximum atomic E-state index is 12.7. The highest BCUT2D eigenvalue weighted by Crippen LogP contribution is 2.20. The first-order chi connectivity index (χ1) is 6.15. The fraction of sp³-hybridized carbons (Fsp3) is 0.400. The first-order valence-electron chi connectivity index (χ1n) is 4.15. The van der Waals surface area contributed by atoms with Gasteiger partial charge in [-0.15, -0.1) is 0 Å². The van der Waals surface area contributed by atoms with E-state index in [9.17, 15) is 8.78 Å². The van der Waals surface area contributed by atoms with Crippen LogP contribution in [0.4, 0.5) is 8.78 Å². The molecule has 0 saturated heterocycles. The average Bonchev–Trinajstić information content (AvgIpc) is 2.15. The monoisotopic (exact) mass is 188 g/mol. The van der Waals surface area contributed by atoms with Gasteiger partial charge in [-0.1, -0.05) is 13.8 Å². The fourth-order valence-corrected chi connectivity index (χ4v) is 0.787. The Morgan fingerprint density at radius 3 is 2.08 bits per heavy atom. The molecule has 0 atom stereocenters. The van der Waals surface area contributed by atoms with Gasteiger partial charge in [-0.05, 0) is 18.6 Å². The van der Waals surface area contributed by atoms with Crippen LogP contribution in [0.1, 0.15) is 19.4 Å². The Kier molecular flexibility index (Phi) is 5.04. The zero-order chi connectivity index (χ0) is 10.4. The number of methoxy groups -OCH3 is 1. The Balaban J connectivity index is 0.000000671. The van der Waals surface area contributed by atoms with Crippen molar-refractivity contribution in [2.24, 2.45) is 0 Å². The summed E-state index contributed by atoms with van der Waals surface area (Å²) in [4.78, 5) is 0. The Labute approximate surface area is 77.3 Å². The van der Waals surface area contributed by atoms with Gasteiger partial charge in [0, 0.05) is 6.07 Å². The van der Waals surface area contributed by atoms with Crippen molar-refractivity contribution < 1.29 is 13.5 Å². The molecule has 0 aromatic heterocycles. The minimum Gasteiger partial charge on any atom is -0.494 e. The summed E-state index contributed by atoms with van der Waals surface area (Å²) in [5.41, 5.74) is 0.378. The van der Waals surface area contributed by atoms with Crippen molar-refractivity contribution in [3.63, 3.8) is 0 Å². The maximum Gasteiger partial charge on any atom is 0.167 e. The lowest BCUT2D eigenvalue weighted by atomic mass is 10.2. The van der Waals surface area contributed by atoms with E-state index < -0.39 is 11.6 Å². The van der Waals surface area contributed by atoms with Gasteiger partial charge in [-0.25, -0.2) is 8.78 Å². The van der Waals surface area contributed by atoms with Crippen molar-refractivity contribution in [1.29, 1.82) is 0 Å². The highest BCUT2D eigenvalue weighted by molar-refractivity contribution is 5.30. The zero-order valence-corrected chi connectivity index (χ0v) is 8.32. The van der Waals surface area contributed by atoms with Gasteiger partial charge in [-0.2, -0.15) is 0 Å². The molecular formula is C10H14F2O. The lowest BCUT2D eigenvalue weighted by Gasteiger charge is -2.02. The van der Waals surface area contributed by atoms with Crippen LogP contribution in [0.3, 0.4) is 0 Å². The molecule has 0 unspecified atom stereocenters. The van der Waals surface area contributed by atoms with Crippen LogP contribution in [0.25, 0.3) is 0 Å². The van der Waals surface area contributed by atoms with Gasteiger partial charge in [-0.3, -0.25) is 0 Å². The second-order valence-corrected chi connectivity index (χ2v) is 2.24. The smallest absolute Gasteiger partial charge is 0.167 e. The van der Waals surface area contributed by atoms with Crippen molar-refractivity contribution in [3.05, 3.63) is 29.3 Å². The predicted octanol–water partition coefficient (Wildman–Crippen LogP) is 3.31. The molecule has 0 saturated carbocycles. The fourth-order valence-electron chi connectivity index (χ4n) is 0.787. The Hall–Kier alpha value is -1.12. The third-order valence-electron chi connectivity index (χ3n) is 1.43. The van der Waals surface area contributed by atoms with Crippen molar-refractivity contribution in [1.82, 2.24) is 0 Å². The molecule has 13 heavy (non-hydrogen) atoms. The summed E-state index contributed by atoms with van der Waals surface area (Å²) in [7, 11) is 1.34. The van der Waals surface area contributed by atoms with Crippen LogP contribution in [-0.4, -0.2) is 7.11 Å². The van der Waals surface area contributed by atoms with Gasteiger partial charge in [0.2, 0.25) is 0 Å². The van der Waals surface area contributed by atoms with Crippen molar-refractivity contribution >= 4 is 0 Å². The van der Waals surface area contributed by atoms with Gasteiger partial charge in [0.25, 0.3) is 0 Å². The third kappa shape index (κ3) is 3.01. The standard InChI is InChI=1S/C8H8F2O.C2H6/c1-5-3-8(11-2)7(10)4-6(5)9;1-2/h3-4H,1-2H3;1-2H3. The summed E-state index contributed by atoms with van der Waals surface area (Å²) in [6, 6.07) is 2.14. The van der Waals surface area contributed by atoms with Gasteiger partial charge in [0.05, 0.1) is 7.11 Å². The number of hydrogen-bond acceptors (Lipinski definition) is 1. The molecule has 0 fully saturated rings. The van der Waals surface area contributed by atoms with E-state index in [1.54, 1.807) is 6.92 Å². The Morgan fingerprint density at radius 1 is 1.08 bits per heavy atom. The molecule has 0 spiro atoms. The van der Waals surface area contributed by atoms with E-state index in [-0.39, 0.29) is 5.75 Å². The van der Waals surface area contributed by atoms with Crippen LogP contribution in [0.2, 0.25) is 0 Å². The topological polar surface area (TPSA) is 9.23 Å². The molecule has 0 N–H and O–H groups in total. The molecule has 1 rings (SSSR count). The summed E-state index contributed by atoms with van der Waals surface area (Å²) >= 11 is 0. The van der Waals surface area contributed by atoms with E-state index >= 15 is 0 Å². The predicted molar refractivity (Wildman–Crippen MR) is 49.0 cm³/mol. The van der Waals surface area contributed by atoms with Crippen molar-refractivity contribution in [2.75, 3.05) is 7.11 Å². The minimum absolute atomic E-state index is 0.0731. The molecule has 0 radical (unpaired) electrons. The van der Waals surface area contributed by atoms with E-state index in [4.69, 9.17) is 0 Å². The van der Waals surface area contributed by atoms with Crippen LogP contribution in [0.15, 0.2) is 12.1 Å². The van der Waals surface area contributed by atoms with E-state index in [1.807, 2.05) is 13.8 Å². The SMILES string of the molecule is CC.COc1cc(C)c(F)cc1F. The van der Waals surface area contributed by atoms with Crippen molar-refractivity contribution in [3.8, 4) is 5.75 Å². The highest BCUT2D eigenvalue weighted by Gasteiger charge is 2.05. The summed E-state index contributed by atoms with van der Waals surface area (Å²) in [6.45, 7) is 5.55.